The van der Waals surface area contributed by atoms with Gasteiger partial charge in [-0.3, -0.25) is 4.79 Å². The molecule has 3 heteroatoms. The van der Waals surface area contributed by atoms with E-state index in [9.17, 15) is 9.59 Å². The molecule has 0 fully saturated rings. The molecule has 0 saturated carbocycles. The zero-order valence-electron chi connectivity index (χ0n) is 7.49. The van der Waals surface area contributed by atoms with Gasteiger partial charge in [-0.2, -0.15) is 0 Å². The number of amides is 1. The molecular formula is C11H9NO2. The van der Waals surface area contributed by atoms with Crippen LogP contribution in [0.15, 0.2) is 30.3 Å². The largest absolute Gasteiger partial charge is 0.338 e. The van der Waals surface area contributed by atoms with E-state index >= 15 is 0 Å². The van der Waals surface area contributed by atoms with Crippen molar-refractivity contribution in [3.05, 3.63) is 35.9 Å². The SMILES string of the molecule is O=CCNC(=O)C#Cc1ccccc1. The number of hydrogen-bond acceptors (Lipinski definition) is 2. The standard InChI is InChI=1S/C11H9NO2/c13-9-8-12-11(14)7-6-10-4-2-1-3-5-10/h1-5,9H,8H2,(H,12,14). The zero-order valence-corrected chi connectivity index (χ0v) is 7.49. The molecule has 0 aromatic heterocycles. The lowest BCUT2D eigenvalue weighted by atomic mass is 10.2. The number of nitrogens with one attached hydrogen (secondary N) is 1. The van der Waals surface area contributed by atoms with E-state index in [0.717, 1.165) is 5.56 Å². The van der Waals surface area contributed by atoms with E-state index in [-0.39, 0.29) is 6.54 Å². The number of aldehydes is 1. The van der Waals surface area contributed by atoms with Crippen LogP contribution in [0.1, 0.15) is 5.56 Å². The van der Waals surface area contributed by atoms with Crippen molar-refractivity contribution in [3.8, 4) is 11.8 Å². The second kappa shape index (κ2) is 5.55. The molecule has 1 amide bonds. The third kappa shape index (κ3) is 3.55. The van der Waals surface area contributed by atoms with Crippen molar-refractivity contribution in [2.45, 2.75) is 0 Å². The molecule has 0 radical (unpaired) electrons. The third-order valence-electron chi connectivity index (χ3n) is 1.44. The van der Waals surface area contributed by atoms with Gasteiger partial charge in [0.05, 0.1) is 6.54 Å². The molecule has 0 aliphatic carbocycles. The van der Waals surface area contributed by atoms with Gasteiger partial charge in [0.2, 0.25) is 0 Å². The minimum atomic E-state index is -0.444. The Hall–Kier alpha value is -2.08. The summed E-state index contributed by atoms with van der Waals surface area (Å²) >= 11 is 0. The van der Waals surface area contributed by atoms with Crippen molar-refractivity contribution in [1.29, 1.82) is 0 Å². The summed E-state index contributed by atoms with van der Waals surface area (Å²) in [6.45, 7) is 0.00228. The summed E-state index contributed by atoms with van der Waals surface area (Å²) in [6, 6.07) is 9.17. The van der Waals surface area contributed by atoms with Gasteiger partial charge in [-0.1, -0.05) is 24.1 Å². The van der Waals surface area contributed by atoms with Gasteiger partial charge >= 0.3 is 0 Å². The second-order valence-electron chi connectivity index (χ2n) is 2.49. The van der Waals surface area contributed by atoms with E-state index in [0.29, 0.717) is 6.29 Å². The predicted octanol–water partition coefficient (Wildman–Crippen LogP) is 0.353. The third-order valence-corrected chi connectivity index (χ3v) is 1.44. The molecule has 1 aromatic rings. The van der Waals surface area contributed by atoms with E-state index in [1.165, 1.54) is 0 Å². The first-order chi connectivity index (χ1) is 6.83. The van der Waals surface area contributed by atoms with Gasteiger partial charge in [0.1, 0.15) is 6.29 Å². The normalized spacial score (nSPS) is 8.29. The van der Waals surface area contributed by atoms with Gasteiger partial charge in [0, 0.05) is 11.5 Å². The summed E-state index contributed by atoms with van der Waals surface area (Å²) in [4.78, 5) is 20.9. The molecule has 0 atom stereocenters. The lowest BCUT2D eigenvalue weighted by molar-refractivity contribution is -0.117. The number of hydrogen-bond donors (Lipinski definition) is 1. The van der Waals surface area contributed by atoms with Crippen molar-refractivity contribution in [2.24, 2.45) is 0 Å². The number of benzene rings is 1. The Morgan fingerprint density at radius 3 is 2.71 bits per heavy atom. The quantitative estimate of drug-likeness (QED) is 0.536. The van der Waals surface area contributed by atoms with Gasteiger partial charge in [-0.15, -0.1) is 0 Å². The maximum Gasteiger partial charge on any atom is 0.296 e. The van der Waals surface area contributed by atoms with Crippen LogP contribution in [0.25, 0.3) is 0 Å². The number of carbonyl (C=O) groups excluding carboxylic acids is 2. The van der Waals surface area contributed by atoms with Gasteiger partial charge < -0.3 is 10.1 Å². The zero-order chi connectivity index (χ0) is 10.2. The molecule has 14 heavy (non-hydrogen) atoms. The molecule has 1 aromatic carbocycles. The van der Waals surface area contributed by atoms with E-state index in [1.807, 2.05) is 18.2 Å². The monoisotopic (exact) mass is 187 g/mol. The highest BCUT2D eigenvalue weighted by Gasteiger charge is 1.91. The maximum atomic E-state index is 10.9. The first-order valence-corrected chi connectivity index (χ1v) is 4.11. The van der Waals surface area contributed by atoms with Crippen LogP contribution in [0.5, 0.6) is 0 Å². The fourth-order valence-corrected chi connectivity index (χ4v) is 0.829. The Bertz CT molecular complexity index is 373. The molecule has 0 bridgehead atoms. The van der Waals surface area contributed by atoms with E-state index in [4.69, 9.17) is 0 Å². The Kier molecular flexibility index (Phi) is 3.96. The van der Waals surface area contributed by atoms with Crippen molar-refractivity contribution in [1.82, 2.24) is 5.32 Å². The van der Waals surface area contributed by atoms with Crippen LogP contribution in [0.4, 0.5) is 0 Å². The van der Waals surface area contributed by atoms with Crippen LogP contribution in [-0.4, -0.2) is 18.7 Å². The molecule has 0 aliphatic rings. The van der Waals surface area contributed by atoms with Crippen LogP contribution in [-0.2, 0) is 9.59 Å². The number of rotatable bonds is 2. The first-order valence-electron chi connectivity index (χ1n) is 4.11. The molecular weight excluding hydrogens is 178 g/mol. The molecule has 0 unspecified atom stereocenters. The lowest BCUT2D eigenvalue weighted by Crippen LogP contribution is -2.23. The van der Waals surface area contributed by atoms with E-state index in [1.54, 1.807) is 12.1 Å². The smallest absolute Gasteiger partial charge is 0.296 e. The lowest BCUT2D eigenvalue weighted by Gasteiger charge is -1.90. The van der Waals surface area contributed by atoms with Crippen LogP contribution in [0, 0.1) is 11.8 Å². The Morgan fingerprint density at radius 1 is 1.36 bits per heavy atom. The molecule has 1 N–H and O–H groups in total. The van der Waals surface area contributed by atoms with E-state index in [2.05, 4.69) is 17.2 Å². The fraction of sp³-hybridized carbons (Fsp3) is 0.0909. The van der Waals surface area contributed by atoms with E-state index < -0.39 is 5.91 Å². The topological polar surface area (TPSA) is 46.2 Å². The average molecular weight is 187 g/mol. The summed E-state index contributed by atoms with van der Waals surface area (Å²) in [6.07, 6.45) is 0.613. The van der Waals surface area contributed by atoms with Crippen molar-refractivity contribution in [3.63, 3.8) is 0 Å². The average Bonchev–Trinajstić information content (AvgIpc) is 2.25. The maximum absolute atomic E-state index is 10.9. The summed E-state index contributed by atoms with van der Waals surface area (Å²) in [5.74, 6) is 4.61. The van der Waals surface area contributed by atoms with Gasteiger partial charge in [0.25, 0.3) is 5.91 Å². The molecule has 1 rings (SSSR count). The van der Waals surface area contributed by atoms with Crippen molar-refractivity contribution in [2.75, 3.05) is 6.54 Å². The molecule has 0 saturated heterocycles. The predicted molar refractivity (Wildman–Crippen MR) is 52.4 cm³/mol. The van der Waals surface area contributed by atoms with Gasteiger partial charge in [-0.05, 0) is 12.1 Å². The highest BCUT2D eigenvalue weighted by Crippen LogP contribution is 1.94. The summed E-state index contributed by atoms with van der Waals surface area (Å²) < 4.78 is 0. The second-order valence-corrected chi connectivity index (χ2v) is 2.49. The minimum absolute atomic E-state index is 0.00228. The van der Waals surface area contributed by atoms with Crippen LogP contribution in [0.3, 0.4) is 0 Å². The number of carbonyl (C=O) groups is 2. The molecule has 3 nitrogen and oxygen atoms in total. The van der Waals surface area contributed by atoms with Crippen LogP contribution < -0.4 is 5.32 Å². The summed E-state index contributed by atoms with van der Waals surface area (Å²) in [5.41, 5.74) is 0.772. The highest BCUT2D eigenvalue weighted by molar-refractivity contribution is 5.94. The molecule has 70 valence electrons. The first kappa shape index (κ1) is 10.0. The van der Waals surface area contributed by atoms with Crippen LogP contribution >= 0.6 is 0 Å². The van der Waals surface area contributed by atoms with Crippen LogP contribution in [0.2, 0.25) is 0 Å². The highest BCUT2D eigenvalue weighted by atomic mass is 16.2. The summed E-state index contributed by atoms with van der Waals surface area (Å²) in [5, 5.41) is 2.32. The Balaban J connectivity index is 2.55. The van der Waals surface area contributed by atoms with Crippen molar-refractivity contribution < 1.29 is 9.59 Å². The fourth-order valence-electron chi connectivity index (χ4n) is 0.829. The van der Waals surface area contributed by atoms with Gasteiger partial charge in [0.15, 0.2) is 0 Å². The van der Waals surface area contributed by atoms with Gasteiger partial charge in [-0.25, -0.2) is 0 Å². The van der Waals surface area contributed by atoms with Crippen molar-refractivity contribution >= 4 is 12.2 Å². The Labute approximate surface area is 82.1 Å². The molecule has 0 aliphatic heterocycles. The molecule has 0 spiro atoms. The minimum Gasteiger partial charge on any atom is -0.338 e. The molecule has 0 heterocycles. The summed E-state index contributed by atoms with van der Waals surface area (Å²) in [7, 11) is 0. The Morgan fingerprint density at radius 2 is 2.07 bits per heavy atom.